The molecule has 1 atom stereocenters. The van der Waals surface area contributed by atoms with Gasteiger partial charge in [-0.1, -0.05) is 48.5 Å². The first-order chi connectivity index (χ1) is 17.8. The molecule has 0 radical (unpaired) electrons. The van der Waals surface area contributed by atoms with E-state index in [9.17, 15) is 9.59 Å². The number of hydrogen-bond acceptors (Lipinski definition) is 8. The van der Waals surface area contributed by atoms with E-state index in [1.165, 1.54) is 7.11 Å². The fraction of sp³-hybridized carbons (Fsp3) is 0.357. The van der Waals surface area contributed by atoms with Gasteiger partial charge < -0.3 is 34.5 Å². The molecule has 0 aromatic heterocycles. The molecule has 1 heterocycles. The third kappa shape index (κ3) is 7.75. The van der Waals surface area contributed by atoms with Crippen LogP contribution in [0.4, 0.5) is 9.59 Å². The Morgan fingerprint density at radius 3 is 2.27 bits per heavy atom. The molecule has 1 unspecified atom stereocenters. The first-order valence-corrected chi connectivity index (χ1v) is 12.1. The second kappa shape index (κ2) is 13.4. The van der Waals surface area contributed by atoms with Crippen LogP contribution in [0.15, 0.2) is 77.5 Å². The zero-order valence-electron chi connectivity index (χ0n) is 22.0. The Morgan fingerprint density at radius 2 is 1.59 bits per heavy atom. The van der Waals surface area contributed by atoms with E-state index in [0.29, 0.717) is 41.6 Å². The van der Waals surface area contributed by atoms with E-state index in [1.807, 2.05) is 73.6 Å². The third-order valence-corrected chi connectivity index (χ3v) is 5.72. The Hall–Kier alpha value is -3.98. The number of rotatable bonds is 10. The van der Waals surface area contributed by atoms with Crippen LogP contribution in [0.2, 0.25) is 0 Å². The number of dihydropyridines is 1. The minimum atomic E-state index is -0.879. The summed E-state index contributed by atoms with van der Waals surface area (Å²) in [6, 6.07) is 17.2. The standard InChI is InChI=1S/C28H35N3O6/c1-19-25(36-27(32)29-16-11-17-31(3)4)24(26(20(2)30-19)37-28(33)34-5)22-14-9-10-15-23(22)35-18-21-12-7-6-8-13-21/h6-10,12-15,24,30H,11,16-18H2,1-5H3,(H,29,32). The topological polar surface area (TPSA) is 98.4 Å². The molecule has 0 bridgehead atoms. The Kier molecular flexibility index (Phi) is 9.97. The van der Waals surface area contributed by atoms with Crippen molar-refractivity contribution in [2.45, 2.75) is 32.8 Å². The number of carbonyl (C=O) groups excluding carboxylic acids is 2. The lowest BCUT2D eigenvalue weighted by Gasteiger charge is -2.31. The molecule has 0 fully saturated rings. The lowest BCUT2D eigenvalue weighted by Crippen LogP contribution is -2.33. The van der Waals surface area contributed by atoms with Gasteiger partial charge in [0.1, 0.15) is 29.8 Å². The maximum Gasteiger partial charge on any atom is 0.513 e. The number of methoxy groups -OCH3 is 1. The van der Waals surface area contributed by atoms with Gasteiger partial charge >= 0.3 is 12.2 Å². The Bertz CT molecular complexity index is 1140. The summed E-state index contributed by atoms with van der Waals surface area (Å²) in [6.45, 7) is 5.20. The Balaban J connectivity index is 1.93. The maximum absolute atomic E-state index is 12.8. The van der Waals surface area contributed by atoms with Crippen LogP contribution in [0, 0.1) is 0 Å². The van der Waals surface area contributed by atoms with Gasteiger partial charge in [0.15, 0.2) is 0 Å². The number of ether oxygens (including phenoxy) is 4. The molecule has 2 N–H and O–H groups in total. The van der Waals surface area contributed by atoms with Gasteiger partial charge in [0.25, 0.3) is 0 Å². The molecule has 2 aromatic rings. The first kappa shape index (κ1) is 27.6. The fourth-order valence-corrected chi connectivity index (χ4v) is 3.95. The van der Waals surface area contributed by atoms with Gasteiger partial charge in [-0.15, -0.1) is 0 Å². The Labute approximate surface area is 218 Å². The van der Waals surface area contributed by atoms with Crippen molar-refractivity contribution in [3.63, 3.8) is 0 Å². The highest BCUT2D eigenvalue weighted by atomic mass is 16.7. The van der Waals surface area contributed by atoms with Crippen LogP contribution >= 0.6 is 0 Å². The second-order valence-electron chi connectivity index (χ2n) is 8.88. The molecule has 9 nitrogen and oxygen atoms in total. The molecule has 9 heteroatoms. The van der Waals surface area contributed by atoms with E-state index in [2.05, 4.69) is 10.6 Å². The molecule has 0 aliphatic carbocycles. The van der Waals surface area contributed by atoms with Crippen molar-refractivity contribution >= 4 is 12.2 Å². The predicted molar refractivity (Wildman–Crippen MR) is 140 cm³/mol. The molecule has 1 aliphatic rings. The summed E-state index contributed by atoms with van der Waals surface area (Å²) in [7, 11) is 5.18. The largest absolute Gasteiger partial charge is 0.513 e. The van der Waals surface area contributed by atoms with Crippen molar-refractivity contribution in [2.75, 3.05) is 34.3 Å². The molecule has 2 aromatic carbocycles. The molecule has 0 saturated carbocycles. The fourth-order valence-electron chi connectivity index (χ4n) is 3.95. The van der Waals surface area contributed by atoms with Crippen molar-refractivity contribution in [3.05, 3.63) is 88.6 Å². The van der Waals surface area contributed by atoms with Gasteiger partial charge in [0, 0.05) is 12.1 Å². The van der Waals surface area contributed by atoms with E-state index >= 15 is 0 Å². The number of allylic oxidation sites excluding steroid dienone is 2. The average Bonchev–Trinajstić information content (AvgIpc) is 2.89. The summed E-state index contributed by atoms with van der Waals surface area (Å²) in [6.07, 6.45) is -0.705. The summed E-state index contributed by atoms with van der Waals surface area (Å²) < 4.78 is 22.3. The van der Waals surface area contributed by atoms with Gasteiger partial charge in [-0.3, -0.25) is 0 Å². The zero-order valence-corrected chi connectivity index (χ0v) is 22.0. The molecule has 1 aliphatic heterocycles. The number of carbonyl (C=O) groups is 2. The van der Waals surface area contributed by atoms with Crippen molar-refractivity contribution in [1.29, 1.82) is 0 Å². The van der Waals surface area contributed by atoms with Crippen LogP contribution in [0.5, 0.6) is 5.75 Å². The molecule has 198 valence electrons. The molecule has 0 spiro atoms. The molecule has 3 rings (SSSR count). The summed E-state index contributed by atoms with van der Waals surface area (Å²) in [5, 5.41) is 5.94. The summed E-state index contributed by atoms with van der Waals surface area (Å²) in [5.41, 5.74) is 2.87. The minimum Gasteiger partial charge on any atom is -0.489 e. The van der Waals surface area contributed by atoms with E-state index in [1.54, 1.807) is 13.8 Å². The third-order valence-electron chi connectivity index (χ3n) is 5.72. The number of para-hydroxylation sites is 1. The van der Waals surface area contributed by atoms with E-state index < -0.39 is 18.2 Å². The minimum absolute atomic E-state index is 0.253. The highest BCUT2D eigenvalue weighted by molar-refractivity contribution is 5.70. The highest BCUT2D eigenvalue weighted by Crippen LogP contribution is 2.43. The quantitative estimate of drug-likeness (QED) is 0.346. The van der Waals surface area contributed by atoms with E-state index in [0.717, 1.165) is 18.5 Å². The predicted octanol–water partition coefficient (Wildman–Crippen LogP) is 4.88. The van der Waals surface area contributed by atoms with Crippen LogP contribution in [-0.4, -0.2) is 51.4 Å². The second-order valence-corrected chi connectivity index (χ2v) is 8.88. The summed E-state index contributed by atoms with van der Waals surface area (Å²) in [5.74, 6) is 0.381. The molecule has 1 amide bonds. The van der Waals surface area contributed by atoms with E-state index in [-0.39, 0.29) is 5.76 Å². The van der Waals surface area contributed by atoms with E-state index in [4.69, 9.17) is 18.9 Å². The van der Waals surface area contributed by atoms with Gasteiger partial charge in [0.2, 0.25) is 0 Å². The van der Waals surface area contributed by atoms with Gasteiger partial charge in [-0.25, -0.2) is 9.59 Å². The van der Waals surface area contributed by atoms with Crippen LogP contribution in [0.3, 0.4) is 0 Å². The molecule has 37 heavy (non-hydrogen) atoms. The lowest BCUT2D eigenvalue weighted by molar-refractivity contribution is 0.0886. The number of nitrogens with zero attached hydrogens (tertiary/aromatic N) is 1. The molecular formula is C28H35N3O6. The number of benzene rings is 2. The number of nitrogens with one attached hydrogen (secondary N) is 2. The number of hydrogen-bond donors (Lipinski definition) is 2. The SMILES string of the molecule is COC(=O)OC1=C(C)NC(C)=C(OC(=O)NCCCN(C)C)C1c1ccccc1OCc1ccccc1. The van der Waals surface area contributed by atoms with Crippen LogP contribution in [-0.2, 0) is 20.8 Å². The van der Waals surface area contributed by atoms with Crippen molar-refractivity contribution in [3.8, 4) is 5.75 Å². The van der Waals surface area contributed by atoms with Crippen molar-refractivity contribution < 1.29 is 28.5 Å². The van der Waals surface area contributed by atoms with Crippen molar-refractivity contribution in [1.82, 2.24) is 15.5 Å². The highest BCUT2D eigenvalue weighted by Gasteiger charge is 2.37. The summed E-state index contributed by atoms with van der Waals surface area (Å²) in [4.78, 5) is 27.0. The smallest absolute Gasteiger partial charge is 0.489 e. The van der Waals surface area contributed by atoms with Crippen LogP contribution < -0.4 is 15.4 Å². The maximum atomic E-state index is 12.8. The molecular weight excluding hydrogens is 474 g/mol. The summed E-state index contributed by atoms with van der Waals surface area (Å²) >= 11 is 0. The van der Waals surface area contributed by atoms with Crippen LogP contribution in [0.1, 0.15) is 37.3 Å². The average molecular weight is 510 g/mol. The normalized spacial score (nSPS) is 15.2. The number of amides is 1. The first-order valence-electron chi connectivity index (χ1n) is 12.1. The van der Waals surface area contributed by atoms with Gasteiger partial charge in [-0.05, 0) is 52.5 Å². The molecule has 0 saturated heterocycles. The van der Waals surface area contributed by atoms with Gasteiger partial charge in [-0.2, -0.15) is 0 Å². The Morgan fingerprint density at radius 1 is 0.946 bits per heavy atom. The monoisotopic (exact) mass is 509 g/mol. The lowest BCUT2D eigenvalue weighted by atomic mass is 9.90. The van der Waals surface area contributed by atoms with Crippen molar-refractivity contribution in [2.24, 2.45) is 0 Å². The van der Waals surface area contributed by atoms with Gasteiger partial charge in [0.05, 0.1) is 18.5 Å². The zero-order chi connectivity index (χ0) is 26.8. The van der Waals surface area contributed by atoms with Crippen LogP contribution in [0.25, 0.3) is 0 Å². The number of alkyl carbamates (subject to hydrolysis) is 1.